The Morgan fingerprint density at radius 1 is 1.13 bits per heavy atom. The number of aliphatic imine (C=N–C) groups is 1. The topological polar surface area (TPSA) is 77.8 Å². The molecule has 0 N–H and O–H groups in total. The zero-order valence-corrected chi connectivity index (χ0v) is 12.5. The lowest BCUT2D eigenvalue weighted by molar-refractivity contribution is 1.00. The van der Waals surface area contributed by atoms with E-state index in [-0.39, 0.29) is 0 Å². The van der Waals surface area contributed by atoms with Crippen LogP contribution < -0.4 is 0 Å². The van der Waals surface area contributed by atoms with E-state index >= 15 is 0 Å². The van der Waals surface area contributed by atoms with Crippen molar-refractivity contribution in [1.29, 1.82) is 10.5 Å². The van der Waals surface area contributed by atoms with Crippen LogP contribution in [-0.4, -0.2) is 15.8 Å². The maximum absolute atomic E-state index is 8.76. The van der Waals surface area contributed by atoms with Gasteiger partial charge in [0, 0.05) is 11.9 Å². The van der Waals surface area contributed by atoms with Gasteiger partial charge in [-0.25, -0.2) is 4.98 Å². The second-order valence-corrected chi connectivity index (χ2v) is 5.02. The Bertz CT molecular complexity index is 941. The summed E-state index contributed by atoms with van der Waals surface area (Å²) in [5.74, 6) is 0.0496. The number of nitriles is 2. The van der Waals surface area contributed by atoms with Gasteiger partial charge in [0.1, 0.15) is 5.82 Å². The van der Waals surface area contributed by atoms with E-state index < -0.39 is 5.92 Å². The van der Waals surface area contributed by atoms with Gasteiger partial charge in [0.15, 0.2) is 5.92 Å². The van der Waals surface area contributed by atoms with E-state index in [1.165, 1.54) is 6.21 Å². The largest absolute Gasteiger partial charge is 0.297 e. The number of imidazole rings is 1. The van der Waals surface area contributed by atoms with Gasteiger partial charge in [-0.1, -0.05) is 18.2 Å². The van der Waals surface area contributed by atoms with Crippen molar-refractivity contribution >= 4 is 22.9 Å². The normalized spacial score (nSPS) is 11.0. The molecule has 0 bridgehead atoms. The summed E-state index contributed by atoms with van der Waals surface area (Å²) in [6, 6.07) is 19.4. The fraction of sp³-hybridized carbons (Fsp3) is 0.111. The van der Waals surface area contributed by atoms with Gasteiger partial charge in [-0.15, -0.1) is 0 Å². The van der Waals surface area contributed by atoms with Crippen LogP contribution in [0.4, 0.5) is 5.69 Å². The lowest BCUT2D eigenvalue weighted by Crippen LogP contribution is -1.95. The van der Waals surface area contributed by atoms with E-state index in [0.717, 1.165) is 22.5 Å². The molecule has 0 unspecified atom stereocenters. The van der Waals surface area contributed by atoms with Crippen LogP contribution >= 0.6 is 0 Å². The van der Waals surface area contributed by atoms with Gasteiger partial charge in [0.25, 0.3) is 0 Å². The molecule has 0 atom stereocenters. The Morgan fingerprint density at radius 3 is 2.57 bits per heavy atom. The quantitative estimate of drug-likeness (QED) is 0.692. The van der Waals surface area contributed by atoms with Crippen LogP contribution in [0.15, 0.2) is 53.5 Å². The fourth-order valence-electron chi connectivity index (χ4n) is 2.43. The molecule has 0 fully saturated rings. The Kier molecular flexibility index (Phi) is 3.86. The summed E-state index contributed by atoms with van der Waals surface area (Å²) in [7, 11) is 0. The van der Waals surface area contributed by atoms with E-state index in [4.69, 9.17) is 10.5 Å². The number of hydrogen-bond acceptors (Lipinski definition) is 4. The van der Waals surface area contributed by atoms with Crippen molar-refractivity contribution in [3.8, 4) is 17.8 Å². The lowest BCUT2D eigenvalue weighted by Gasteiger charge is -2.06. The van der Waals surface area contributed by atoms with Crippen LogP contribution in [0.5, 0.6) is 0 Å². The van der Waals surface area contributed by atoms with Crippen molar-refractivity contribution in [2.24, 2.45) is 10.9 Å². The average Bonchev–Trinajstić information content (AvgIpc) is 2.91. The maximum Gasteiger partial charge on any atom is 0.168 e. The highest BCUT2D eigenvalue weighted by Crippen LogP contribution is 2.25. The molecule has 0 saturated heterocycles. The minimum absolute atomic E-state index is 0.672. The second-order valence-electron chi connectivity index (χ2n) is 5.02. The molecule has 110 valence electrons. The minimum Gasteiger partial charge on any atom is -0.297 e. The van der Waals surface area contributed by atoms with Crippen molar-refractivity contribution in [2.45, 2.75) is 6.92 Å². The molecule has 0 spiro atoms. The molecule has 0 radical (unpaired) electrons. The van der Waals surface area contributed by atoms with E-state index in [2.05, 4.69) is 14.5 Å². The smallest absolute Gasteiger partial charge is 0.168 e. The third kappa shape index (κ3) is 2.81. The number of aromatic nitrogens is 2. The molecule has 0 aliphatic rings. The molecule has 0 amide bonds. The Balaban J connectivity index is 2.04. The molecular formula is C18H13N5. The predicted molar refractivity (Wildman–Crippen MR) is 88.7 cm³/mol. The molecule has 3 rings (SSSR count). The van der Waals surface area contributed by atoms with Gasteiger partial charge in [0.2, 0.25) is 0 Å². The number of rotatable bonds is 3. The monoisotopic (exact) mass is 299 g/mol. The molecular weight excluding hydrogens is 286 g/mol. The summed E-state index contributed by atoms with van der Waals surface area (Å²) in [6.07, 6.45) is 1.35. The third-order valence-corrected chi connectivity index (χ3v) is 3.47. The second kappa shape index (κ2) is 6.13. The van der Waals surface area contributed by atoms with Crippen molar-refractivity contribution in [3.63, 3.8) is 0 Å². The SMILES string of the molecule is Cc1nc2cc(N=CC(C#N)C#N)ccc2n1-c1ccccc1. The standard InChI is InChI=1S/C18H13N5/c1-13-22-17-9-15(21-12-14(10-19)11-20)7-8-18(17)23(13)16-5-3-2-4-6-16/h2-9,12,14H,1H3. The summed E-state index contributed by atoms with van der Waals surface area (Å²) >= 11 is 0. The van der Waals surface area contributed by atoms with Crippen molar-refractivity contribution in [3.05, 3.63) is 54.4 Å². The van der Waals surface area contributed by atoms with E-state index in [1.807, 2.05) is 67.6 Å². The highest BCUT2D eigenvalue weighted by molar-refractivity contribution is 5.82. The molecule has 3 aromatic rings. The summed E-state index contributed by atoms with van der Waals surface area (Å²) < 4.78 is 2.08. The number of nitrogens with zero attached hydrogens (tertiary/aromatic N) is 5. The van der Waals surface area contributed by atoms with Crippen molar-refractivity contribution < 1.29 is 0 Å². The van der Waals surface area contributed by atoms with Crippen LogP contribution in [0, 0.1) is 35.5 Å². The van der Waals surface area contributed by atoms with Gasteiger partial charge >= 0.3 is 0 Å². The first kappa shape index (κ1) is 14.5. The Morgan fingerprint density at radius 2 is 1.87 bits per heavy atom. The Labute approximate surface area is 133 Å². The van der Waals surface area contributed by atoms with Crippen LogP contribution in [0.3, 0.4) is 0 Å². The zero-order valence-electron chi connectivity index (χ0n) is 12.5. The zero-order chi connectivity index (χ0) is 16.2. The molecule has 2 aromatic carbocycles. The average molecular weight is 299 g/mol. The van der Waals surface area contributed by atoms with Gasteiger partial charge in [-0.2, -0.15) is 10.5 Å². The number of hydrogen-bond donors (Lipinski definition) is 0. The van der Waals surface area contributed by atoms with Gasteiger partial charge in [0.05, 0.1) is 28.9 Å². The van der Waals surface area contributed by atoms with E-state index in [0.29, 0.717) is 5.69 Å². The molecule has 0 aliphatic heterocycles. The lowest BCUT2D eigenvalue weighted by atomic mass is 10.2. The molecule has 1 heterocycles. The number of aryl methyl sites for hydroxylation is 1. The summed E-state index contributed by atoms with van der Waals surface area (Å²) in [5, 5.41) is 17.5. The van der Waals surface area contributed by atoms with Crippen LogP contribution in [0.2, 0.25) is 0 Å². The molecule has 5 heteroatoms. The van der Waals surface area contributed by atoms with Crippen molar-refractivity contribution in [1.82, 2.24) is 9.55 Å². The summed E-state index contributed by atoms with van der Waals surface area (Å²) in [4.78, 5) is 8.77. The van der Waals surface area contributed by atoms with Crippen molar-refractivity contribution in [2.75, 3.05) is 0 Å². The molecule has 0 aliphatic carbocycles. The predicted octanol–water partition coefficient (Wildman–Crippen LogP) is 3.70. The Hall–Kier alpha value is -3.44. The maximum atomic E-state index is 8.76. The van der Waals surface area contributed by atoms with Gasteiger partial charge in [-0.3, -0.25) is 9.56 Å². The molecule has 1 aromatic heterocycles. The van der Waals surface area contributed by atoms with Gasteiger partial charge in [-0.05, 0) is 37.3 Å². The fourth-order valence-corrected chi connectivity index (χ4v) is 2.43. The van der Waals surface area contributed by atoms with Gasteiger partial charge < -0.3 is 0 Å². The number of para-hydroxylation sites is 1. The van der Waals surface area contributed by atoms with E-state index in [9.17, 15) is 0 Å². The first-order valence-electron chi connectivity index (χ1n) is 7.11. The minimum atomic E-state index is -0.839. The third-order valence-electron chi connectivity index (χ3n) is 3.47. The highest BCUT2D eigenvalue weighted by Gasteiger charge is 2.09. The summed E-state index contributed by atoms with van der Waals surface area (Å²) in [6.45, 7) is 1.96. The van der Waals surface area contributed by atoms with Crippen LogP contribution in [-0.2, 0) is 0 Å². The van der Waals surface area contributed by atoms with Crippen LogP contribution in [0.25, 0.3) is 16.7 Å². The first-order valence-corrected chi connectivity index (χ1v) is 7.11. The van der Waals surface area contributed by atoms with E-state index in [1.54, 1.807) is 0 Å². The molecule has 5 nitrogen and oxygen atoms in total. The summed E-state index contributed by atoms with van der Waals surface area (Å²) in [5.41, 5.74) is 3.54. The first-order chi connectivity index (χ1) is 11.2. The highest BCUT2D eigenvalue weighted by atomic mass is 15.1. The van der Waals surface area contributed by atoms with Crippen LogP contribution in [0.1, 0.15) is 5.82 Å². The number of fused-ring (bicyclic) bond motifs is 1. The number of benzene rings is 2. The molecule has 0 saturated carbocycles. The molecule has 23 heavy (non-hydrogen) atoms.